The number of nitrogens with one attached hydrogen (secondary N) is 1. The molecule has 0 amide bonds. The smallest absolute Gasteiger partial charge is 0.357 e. The van der Waals surface area contributed by atoms with Crippen molar-refractivity contribution in [2.24, 2.45) is 0 Å². The number of carbonyl (C=O) groups excluding carboxylic acids is 1. The van der Waals surface area contributed by atoms with E-state index in [1.54, 1.807) is 26.1 Å². The topological polar surface area (TPSA) is 131 Å². The molecule has 0 radical (unpaired) electrons. The summed E-state index contributed by atoms with van der Waals surface area (Å²) in [7, 11) is 1.53. The molecule has 0 saturated heterocycles. The zero-order chi connectivity index (χ0) is 20.7. The van der Waals surface area contributed by atoms with E-state index in [0.29, 0.717) is 27.6 Å². The van der Waals surface area contributed by atoms with E-state index in [0.717, 1.165) is 10.9 Å². The van der Waals surface area contributed by atoms with E-state index in [-0.39, 0.29) is 24.3 Å². The zero-order valence-corrected chi connectivity index (χ0v) is 16.2. The number of aliphatic hydroxyl groups is 2. The lowest BCUT2D eigenvalue weighted by atomic mass is 10.0. The molecule has 0 bridgehead atoms. The number of rotatable bonds is 6. The van der Waals surface area contributed by atoms with Crippen molar-refractivity contribution < 1.29 is 28.9 Å². The number of benzene rings is 1. The molecule has 4 rings (SSSR count). The highest BCUT2D eigenvalue weighted by Gasteiger charge is 2.24. The van der Waals surface area contributed by atoms with Gasteiger partial charge in [0.1, 0.15) is 5.52 Å². The van der Waals surface area contributed by atoms with E-state index < -0.39 is 18.7 Å². The fourth-order valence-corrected chi connectivity index (χ4v) is 3.40. The first-order valence-electron chi connectivity index (χ1n) is 9.16. The van der Waals surface area contributed by atoms with Gasteiger partial charge in [-0.05, 0) is 26.0 Å². The summed E-state index contributed by atoms with van der Waals surface area (Å²) in [6.07, 6.45) is 0.0587. The Bertz CT molecular complexity index is 1210. The molecule has 1 unspecified atom stereocenters. The lowest BCUT2D eigenvalue weighted by Crippen LogP contribution is -2.15. The summed E-state index contributed by atoms with van der Waals surface area (Å²) in [5.41, 5.74) is 3.16. The van der Waals surface area contributed by atoms with Crippen molar-refractivity contribution >= 4 is 38.9 Å². The lowest BCUT2D eigenvalue weighted by molar-refractivity contribution is 0.0366. The molecule has 0 saturated carbocycles. The average Bonchev–Trinajstić information content (AvgIpc) is 3.28. The number of H-pyrrole nitrogens is 1. The second kappa shape index (κ2) is 7.43. The Balaban J connectivity index is 2.05. The fourth-order valence-electron chi connectivity index (χ4n) is 3.40. The van der Waals surface area contributed by atoms with Crippen LogP contribution in [0.15, 0.2) is 22.7 Å². The lowest BCUT2D eigenvalue weighted by Gasteiger charge is -2.11. The average molecular weight is 399 g/mol. The Morgan fingerprint density at radius 2 is 2.07 bits per heavy atom. The molecule has 0 aliphatic rings. The van der Waals surface area contributed by atoms with Crippen LogP contribution in [0.2, 0.25) is 0 Å². The minimum Gasteiger partial charge on any atom is -0.458 e. The first-order chi connectivity index (χ1) is 13.9. The van der Waals surface area contributed by atoms with E-state index in [1.165, 1.54) is 7.11 Å². The van der Waals surface area contributed by atoms with Crippen LogP contribution in [-0.2, 0) is 16.1 Å². The number of methoxy groups -OCH3 is 1. The van der Waals surface area contributed by atoms with Crippen LogP contribution in [0.4, 0.5) is 0 Å². The summed E-state index contributed by atoms with van der Waals surface area (Å²) in [5.74, 6) is -0.516. The maximum atomic E-state index is 12.6. The summed E-state index contributed by atoms with van der Waals surface area (Å²) in [6, 6.07) is 3.55. The quantitative estimate of drug-likeness (QED) is 0.422. The number of hydrogen-bond acceptors (Lipinski definition) is 8. The molecule has 3 aromatic heterocycles. The normalized spacial score (nSPS) is 13.0. The van der Waals surface area contributed by atoms with Gasteiger partial charge in [0, 0.05) is 29.0 Å². The number of carbonyl (C=O) groups is 1. The molecule has 3 N–H and O–H groups in total. The van der Waals surface area contributed by atoms with E-state index in [1.807, 2.05) is 6.07 Å². The van der Waals surface area contributed by atoms with Gasteiger partial charge >= 0.3 is 5.97 Å². The largest absolute Gasteiger partial charge is 0.458 e. The highest BCUT2D eigenvalue weighted by molar-refractivity contribution is 6.20. The van der Waals surface area contributed by atoms with Gasteiger partial charge in [-0.2, -0.15) is 0 Å². The summed E-state index contributed by atoms with van der Waals surface area (Å²) in [5, 5.41) is 20.5. The third kappa shape index (κ3) is 3.23. The van der Waals surface area contributed by atoms with E-state index in [9.17, 15) is 15.0 Å². The summed E-state index contributed by atoms with van der Waals surface area (Å²) in [6.45, 7) is 3.17. The number of fused-ring (bicyclic) bond motifs is 5. The van der Waals surface area contributed by atoms with Crippen molar-refractivity contribution in [3.8, 4) is 0 Å². The van der Waals surface area contributed by atoms with Crippen LogP contribution in [0, 0.1) is 0 Å². The van der Waals surface area contributed by atoms with Gasteiger partial charge in [0.15, 0.2) is 17.4 Å². The maximum absolute atomic E-state index is 12.6. The van der Waals surface area contributed by atoms with Crippen LogP contribution in [0.5, 0.6) is 0 Å². The number of nitrogens with zero attached hydrogens (tertiary/aromatic N) is 2. The minimum absolute atomic E-state index is 0.0196. The number of aliphatic hydroxyl groups excluding tert-OH is 2. The zero-order valence-electron chi connectivity index (χ0n) is 16.2. The molecule has 9 heteroatoms. The van der Waals surface area contributed by atoms with Crippen molar-refractivity contribution in [1.82, 2.24) is 15.0 Å². The molecule has 152 valence electrons. The third-order valence-corrected chi connectivity index (χ3v) is 4.56. The molecule has 0 fully saturated rings. The highest BCUT2D eigenvalue weighted by atomic mass is 16.5. The molecular formula is C20H21N3O6. The van der Waals surface area contributed by atoms with Crippen molar-refractivity contribution in [2.75, 3.05) is 13.7 Å². The second-order valence-electron chi connectivity index (χ2n) is 6.97. The van der Waals surface area contributed by atoms with E-state index >= 15 is 0 Å². The number of aromatic nitrogens is 3. The van der Waals surface area contributed by atoms with Gasteiger partial charge < -0.3 is 29.1 Å². The fraction of sp³-hybridized carbons (Fsp3) is 0.350. The number of hydrogen-bond donors (Lipinski definition) is 3. The Kier molecular flexibility index (Phi) is 4.95. The van der Waals surface area contributed by atoms with Crippen LogP contribution >= 0.6 is 0 Å². The Labute approximate surface area is 165 Å². The standard InChI is InChI=1S/C20H21N3O6/c1-9(2)28-20(26)17-10(8-27-3)15-12(6-21-17)22-11-4-5-14-18(16(11)15)23-19(29-14)13(25)7-24/h4-6,9,13,22,24-25H,7-8H2,1-3H3. The summed E-state index contributed by atoms with van der Waals surface area (Å²) < 4.78 is 16.3. The van der Waals surface area contributed by atoms with Gasteiger partial charge in [0.2, 0.25) is 5.89 Å². The molecule has 0 spiro atoms. The summed E-state index contributed by atoms with van der Waals surface area (Å²) >= 11 is 0. The molecule has 29 heavy (non-hydrogen) atoms. The van der Waals surface area contributed by atoms with Crippen molar-refractivity contribution in [3.05, 3.63) is 35.5 Å². The SMILES string of the molecule is COCc1c(C(=O)OC(C)C)ncc2[nH]c3ccc4oc(C(O)CO)nc4c3c12. The molecule has 0 aliphatic carbocycles. The van der Waals surface area contributed by atoms with Gasteiger partial charge in [0.25, 0.3) is 0 Å². The van der Waals surface area contributed by atoms with Crippen molar-refractivity contribution in [1.29, 1.82) is 0 Å². The van der Waals surface area contributed by atoms with Gasteiger partial charge in [0.05, 0.1) is 31.0 Å². The van der Waals surface area contributed by atoms with E-state index in [4.69, 9.17) is 13.9 Å². The molecule has 9 nitrogen and oxygen atoms in total. The first kappa shape index (κ1) is 19.3. The highest BCUT2D eigenvalue weighted by Crippen LogP contribution is 2.36. The Hall–Kier alpha value is -3.01. The molecule has 3 heterocycles. The monoisotopic (exact) mass is 399 g/mol. The number of oxazole rings is 1. The molecular weight excluding hydrogens is 378 g/mol. The van der Waals surface area contributed by atoms with Gasteiger partial charge in [-0.1, -0.05) is 0 Å². The minimum atomic E-state index is -1.22. The molecule has 1 atom stereocenters. The Morgan fingerprint density at radius 1 is 1.28 bits per heavy atom. The number of ether oxygens (including phenoxy) is 2. The second-order valence-corrected chi connectivity index (χ2v) is 6.97. The maximum Gasteiger partial charge on any atom is 0.357 e. The predicted octanol–water partition coefficient (Wildman–Crippen LogP) is 2.59. The van der Waals surface area contributed by atoms with Crippen molar-refractivity contribution in [3.63, 3.8) is 0 Å². The van der Waals surface area contributed by atoms with Gasteiger partial charge in [-0.15, -0.1) is 0 Å². The predicted molar refractivity (Wildman–Crippen MR) is 104 cm³/mol. The third-order valence-electron chi connectivity index (χ3n) is 4.56. The number of esters is 1. The Morgan fingerprint density at radius 3 is 2.76 bits per heavy atom. The van der Waals surface area contributed by atoms with Gasteiger partial charge in [-0.25, -0.2) is 14.8 Å². The van der Waals surface area contributed by atoms with Crippen LogP contribution in [0.25, 0.3) is 32.9 Å². The van der Waals surface area contributed by atoms with Crippen LogP contribution < -0.4 is 0 Å². The molecule has 1 aromatic carbocycles. The molecule has 0 aliphatic heterocycles. The summed E-state index contributed by atoms with van der Waals surface area (Å²) in [4.78, 5) is 24.5. The number of pyridine rings is 1. The molecule has 4 aromatic rings. The van der Waals surface area contributed by atoms with E-state index in [2.05, 4.69) is 15.0 Å². The van der Waals surface area contributed by atoms with Crippen molar-refractivity contribution in [2.45, 2.75) is 32.7 Å². The first-order valence-corrected chi connectivity index (χ1v) is 9.16. The van der Waals surface area contributed by atoms with Gasteiger partial charge in [-0.3, -0.25) is 0 Å². The van der Waals surface area contributed by atoms with Crippen LogP contribution in [0.3, 0.4) is 0 Å². The number of aromatic amines is 1. The van der Waals surface area contributed by atoms with Crippen LogP contribution in [0.1, 0.15) is 41.9 Å². The van der Waals surface area contributed by atoms with Crippen LogP contribution in [-0.4, -0.2) is 51.0 Å².